The third-order valence-corrected chi connectivity index (χ3v) is 4.16. The summed E-state index contributed by atoms with van der Waals surface area (Å²) in [5.74, 6) is 0.465. The highest BCUT2D eigenvalue weighted by Crippen LogP contribution is 2.30. The number of hydrogen-bond acceptors (Lipinski definition) is 2. The van der Waals surface area contributed by atoms with Gasteiger partial charge in [0.2, 0.25) is 5.91 Å². The van der Waals surface area contributed by atoms with Gasteiger partial charge in [0.25, 0.3) is 0 Å². The van der Waals surface area contributed by atoms with E-state index in [0.29, 0.717) is 11.9 Å². The summed E-state index contributed by atoms with van der Waals surface area (Å²) >= 11 is 0. The molecule has 96 valence electrons. The predicted molar refractivity (Wildman–Crippen MR) is 72.7 cm³/mol. The SMILES string of the molecule is CC1CCC(C(=O)N2CCc3ccccc32)CN1. The maximum Gasteiger partial charge on any atom is 0.231 e. The lowest BCUT2D eigenvalue weighted by molar-refractivity contribution is -0.122. The Hall–Kier alpha value is -1.35. The monoisotopic (exact) mass is 244 g/mol. The number of amides is 1. The first-order valence-electron chi connectivity index (χ1n) is 6.88. The van der Waals surface area contributed by atoms with Crippen molar-refractivity contribution in [3.8, 4) is 0 Å². The number of carbonyl (C=O) groups excluding carboxylic acids is 1. The van der Waals surface area contributed by atoms with E-state index in [-0.39, 0.29) is 5.92 Å². The zero-order valence-electron chi connectivity index (χ0n) is 10.9. The van der Waals surface area contributed by atoms with Gasteiger partial charge >= 0.3 is 0 Å². The number of carbonyl (C=O) groups is 1. The van der Waals surface area contributed by atoms with E-state index in [1.807, 2.05) is 11.0 Å². The highest BCUT2D eigenvalue weighted by atomic mass is 16.2. The second-order valence-electron chi connectivity index (χ2n) is 5.45. The summed E-state index contributed by atoms with van der Waals surface area (Å²) in [4.78, 5) is 14.5. The first-order chi connectivity index (χ1) is 8.75. The van der Waals surface area contributed by atoms with Crippen molar-refractivity contribution in [2.75, 3.05) is 18.0 Å². The number of hydrogen-bond donors (Lipinski definition) is 1. The summed E-state index contributed by atoms with van der Waals surface area (Å²) in [6.45, 7) is 3.87. The molecule has 1 aromatic rings. The van der Waals surface area contributed by atoms with Crippen LogP contribution in [0.1, 0.15) is 25.3 Å². The van der Waals surface area contributed by atoms with Gasteiger partial charge in [-0.3, -0.25) is 4.79 Å². The fourth-order valence-corrected chi connectivity index (χ4v) is 3.00. The molecule has 1 saturated heterocycles. The fraction of sp³-hybridized carbons (Fsp3) is 0.533. The second kappa shape index (κ2) is 4.73. The smallest absolute Gasteiger partial charge is 0.231 e. The molecule has 2 heterocycles. The minimum atomic E-state index is 0.160. The maximum atomic E-state index is 12.6. The van der Waals surface area contributed by atoms with Crippen LogP contribution in [0.15, 0.2) is 24.3 Å². The van der Waals surface area contributed by atoms with Crippen molar-refractivity contribution >= 4 is 11.6 Å². The van der Waals surface area contributed by atoms with Crippen LogP contribution in [0.4, 0.5) is 5.69 Å². The van der Waals surface area contributed by atoms with E-state index < -0.39 is 0 Å². The van der Waals surface area contributed by atoms with Gasteiger partial charge in [0, 0.05) is 24.8 Å². The van der Waals surface area contributed by atoms with Crippen LogP contribution in [0.5, 0.6) is 0 Å². The van der Waals surface area contributed by atoms with Crippen molar-refractivity contribution in [1.29, 1.82) is 0 Å². The van der Waals surface area contributed by atoms with E-state index in [1.165, 1.54) is 5.56 Å². The lowest BCUT2D eigenvalue weighted by Gasteiger charge is -2.30. The molecule has 3 nitrogen and oxygen atoms in total. The molecule has 0 saturated carbocycles. The Kier molecular flexibility index (Phi) is 3.08. The van der Waals surface area contributed by atoms with Gasteiger partial charge in [0.15, 0.2) is 0 Å². The van der Waals surface area contributed by atoms with Crippen molar-refractivity contribution in [2.45, 2.75) is 32.2 Å². The topological polar surface area (TPSA) is 32.3 Å². The molecule has 1 N–H and O–H groups in total. The standard InChI is InChI=1S/C15H20N2O/c1-11-6-7-13(10-16-11)15(18)17-9-8-12-4-2-3-5-14(12)17/h2-5,11,13,16H,6-10H2,1H3. The van der Waals surface area contributed by atoms with Gasteiger partial charge in [-0.25, -0.2) is 0 Å². The first kappa shape index (κ1) is 11.7. The Bertz CT molecular complexity index is 450. The van der Waals surface area contributed by atoms with Gasteiger partial charge in [-0.15, -0.1) is 0 Å². The molecular formula is C15H20N2O. The molecule has 1 amide bonds. The van der Waals surface area contributed by atoms with Gasteiger partial charge in [0.1, 0.15) is 0 Å². The summed E-state index contributed by atoms with van der Waals surface area (Å²) in [6, 6.07) is 8.82. The van der Waals surface area contributed by atoms with Crippen LogP contribution in [0.3, 0.4) is 0 Å². The molecule has 0 bridgehead atoms. The molecule has 0 spiro atoms. The van der Waals surface area contributed by atoms with Gasteiger partial charge in [-0.05, 0) is 37.8 Å². The number of nitrogens with zero attached hydrogens (tertiary/aromatic N) is 1. The lowest BCUT2D eigenvalue weighted by Crippen LogP contribution is -2.45. The summed E-state index contributed by atoms with van der Waals surface area (Å²) in [7, 11) is 0. The average molecular weight is 244 g/mol. The Balaban J connectivity index is 1.74. The van der Waals surface area contributed by atoms with E-state index in [1.54, 1.807) is 0 Å². The highest BCUT2D eigenvalue weighted by Gasteiger charge is 2.31. The summed E-state index contributed by atoms with van der Waals surface area (Å²) in [5.41, 5.74) is 2.43. The fourth-order valence-electron chi connectivity index (χ4n) is 3.00. The van der Waals surface area contributed by atoms with E-state index >= 15 is 0 Å². The van der Waals surface area contributed by atoms with E-state index in [4.69, 9.17) is 0 Å². The maximum absolute atomic E-state index is 12.6. The second-order valence-corrected chi connectivity index (χ2v) is 5.45. The van der Waals surface area contributed by atoms with Crippen LogP contribution in [0, 0.1) is 5.92 Å². The average Bonchev–Trinajstić information content (AvgIpc) is 2.82. The Morgan fingerprint density at radius 3 is 2.94 bits per heavy atom. The van der Waals surface area contributed by atoms with Gasteiger partial charge in [-0.2, -0.15) is 0 Å². The number of fused-ring (bicyclic) bond motifs is 1. The Labute approximate surface area is 108 Å². The first-order valence-corrected chi connectivity index (χ1v) is 6.88. The van der Waals surface area contributed by atoms with Crippen LogP contribution >= 0.6 is 0 Å². The minimum absolute atomic E-state index is 0.160. The van der Waals surface area contributed by atoms with E-state index in [2.05, 4.69) is 30.4 Å². The molecule has 1 fully saturated rings. The molecule has 0 aliphatic carbocycles. The number of anilines is 1. The van der Waals surface area contributed by atoms with Crippen molar-refractivity contribution in [2.24, 2.45) is 5.92 Å². The molecule has 3 rings (SSSR count). The largest absolute Gasteiger partial charge is 0.313 e. The van der Waals surface area contributed by atoms with E-state index in [9.17, 15) is 4.79 Å². The number of rotatable bonds is 1. The van der Waals surface area contributed by atoms with Crippen LogP contribution in [-0.2, 0) is 11.2 Å². The van der Waals surface area contributed by atoms with Gasteiger partial charge < -0.3 is 10.2 Å². The molecule has 2 aliphatic rings. The summed E-state index contributed by atoms with van der Waals surface area (Å²) < 4.78 is 0. The van der Waals surface area contributed by atoms with Crippen LogP contribution in [0.25, 0.3) is 0 Å². The zero-order valence-corrected chi connectivity index (χ0v) is 10.9. The molecule has 2 aliphatic heterocycles. The Morgan fingerprint density at radius 1 is 1.33 bits per heavy atom. The highest BCUT2D eigenvalue weighted by molar-refractivity contribution is 5.97. The predicted octanol–water partition coefficient (Wildman–Crippen LogP) is 1.96. The lowest BCUT2D eigenvalue weighted by atomic mass is 9.94. The molecule has 3 heteroatoms. The summed E-state index contributed by atoms with van der Waals surface area (Å²) in [5, 5.41) is 3.41. The van der Waals surface area contributed by atoms with E-state index in [0.717, 1.165) is 38.0 Å². The number of benzene rings is 1. The van der Waals surface area contributed by atoms with Crippen LogP contribution < -0.4 is 10.2 Å². The molecule has 1 aromatic carbocycles. The number of para-hydroxylation sites is 1. The Morgan fingerprint density at radius 2 is 2.17 bits per heavy atom. The zero-order chi connectivity index (χ0) is 12.5. The molecule has 2 unspecified atom stereocenters. The third kappa shape index (κ3) is 2.03. The molecule has 0 radical (unpaired) electrons. The third-order valence-electron chi connectivity index (χ3n) is 4.16. The number of nitrogens with one attached hydrogen (secondary N) is 1. The van der Waals surface area contributed by atoms with Crippen molar-refractivity contribution in [1.82, 2.24) is 5.32 Å². The van der Waals surface area contributed by atoms with Crippen molar-refractivity contribution in [3.05, 3.63) is 29.8 Å². The molecule has 2 atom stereocenters. The quantitative estimate of drug-likeness (QED) is 0.819. The molecule has 0 aromatic heterocycles. The van der Waals surface area contributed by atoms with Gasteiger partial charge in [-0.1, -0.05) is 18.2 Å². The summed E-state index contributed by atoms with van der Waals surface area (Å²) in [6.07, 6.45) is 3.12. The number of piperidine rings is 1. The van der Waals surface area contributed by atoms with Crippen molar-refractivity contribution in [3.63, 3.8) is 0 Å². The van der Waals surface area contributed by atoms with Crippen LogP contribution in [-0.4, -0.2) is 25.0 Å². The minimum Gasteiger partial charge on any atom is -0.313 e. The van der Waals surface area contributed by atoms with Gasteiger partial charge in [0.05, 0.1) is 5.92 Å². The molecular weight excluding hydrogens is 224 g/mol. The van der Waals surface area contributed by atoms with Crippen LogP contribution in [0.2, 0.25) is 0 Å². The molecule has 18 heavy (non-hydrogen) atoms. The normalized spacial score (nSPS) is 27.1. The van der Waals surface area contributed by atoms with Crippen molar-refractivity contribution < 1.29 is 4.79 Å².